The summed E-state index contributed by atoms with van der Waals surface area (Å²) in [6.07, 6.45) is -1.19. The first kappa shape index (κ1) is 13.2. The van der Waals surface area contributed by atoms with E-state index in [0.29, 0.717) is 0 Å². The van der Waals surface area contributed by atoms with Crippen LogP contribution in [0, 0.1) is 0 Å². The largest absolute Gasteiger partial charge is 0.423 e. The van der Waals surface area contributed by atoms with E-state index in [1.807, 2.05) is 0 Å². The summed E-state index contributed by atoms with van der Waals surface area (Å²) in [5.41, 5.74) is -2.44. The minimum absolute atomic E-state index is 0.459. The zero-order valence-corrected chi connectivity index (χ0v) is 10.3. The van der Waals surface area contributed by atoms with Crippen LogP contribution < -0.4 is 0 Å². The third-order valence-corrected chi connectivity index (χ3v) is 2.86. The molecule has 0 atom stereocenters. The number of carbonyl (C=O) groups is 1. The summed E-state index contributed by atoms with van der Waals surface area (Å²) in [5.74, 6) is -0.459. The first-order chi connectivity index (χ1) is 7.06. The van der Waals surface area contributed by atoms with Gasteiger partial charge in [0.25, 0.3) is 0 Å². The highest BCUT2D eigenvalue weighted by Gasteiger charge is 2.55. The number of ketones is 1. The molecule has 0 aromatic heterocycles. The quantitative estimate of drug-likeness (QED) is 0.704. The third kappa shape index (κ3) is 2.82. The van der Waals surface area contributed by atoms with Crippen molar-refractivity contribution in [2.24, 2.45) is 0 Å². The van der Waals surface area contributed by atoms with Crippen molar-refractivity contribution in [3.05, 3.63) is 24.3 Å². The summed E-state index contributed by atoms with van der Waals surface area (Å²) in [4.78, 5) is 10.9. The lowest BCUT2D eigenvalue weighted by Gasteiger charge is -2.36. The normalized spacial score (nSPS) is 20.2. The van der Waals surface area contributed by atoms with Gasteiger partial charge in [0, 0.05) is 0 Å². The SMILES string of the molecule is C[Si](C)(C)OC1(C(F)(F)F)C=CC(=O)C=C1. The molecule has 1 aliphatic carbocycles. The molecular formula is C10H13F3O2Si. The maximum absolute atomic E-state index is 12.9. The molecule has 0 unspecified atom stereocenters. The molecule has 0 saturated heterocycles. The van der Waals surface area contributed by atoms with E-state index in [1.54, 1.807) is 19.6 Å². The summed E-state index contributed by atoms with van der Waals surface area (Å²) in [6.45, 7) is 5.00. The van der Waals surface area contributed by atoms with Gasteiger partial charge in [-0.25, -0.2) is 0 Å². The van der Waals surface area contributed by atoms with Crippen LogP contribution in [0.25, 0.3) is 0 Å². The van der Waals surface area contributed by atoms with Crippen LogP contribution >= 0.6 is 0 Å². The van der Waals surface area contributed by atoms with Gasteiger partial charge in [0.05, 0.1) is 0 Å². The molecule has 0 amide bonds. The van der Waals surface area contributed by atoms with Crippen molar-refractivity contribution < 1.29 is 22.4 Å². The number of hydrogen-bond acceptors (Lipinski definition) is 2. The molecule has 0 bridgehead atoms. The van der Waals surface area contributed by atoms with Crippen LogP contribution in [-0.2, 0) is 9.22 Å². The van der Waals surface area contributed by atoms with Crippen molar-refractivity contribution >= 4 is 14.1 Å². The topological polar surface area (TPSA) is 26.3 Å². The van der Waals surface area contributed by atoms with Gasteiger partial charge in [0.1, 0.15) is 0 Å². The first-order valence-corrected chi connectivity index (χ1v) is 8.16. The molecular weight excluding hydrogens is 237 g/mol. The molecule has 1 aliphatic rings. The molecule has 0 fully saturated rings. The van der Waals surface area contributed by atoms with Gasteiger partial charge in [-0.1, -0.05) is 0 Å². The van der Waals surface area contributed by atoms with Gasteiger partial charge < -0.3 is 4.43 Å². The van der Waals surface area contributed by atoms with Crippen LogP contribution in [-0.4, -0.2) is 25.9 Å². The van der Waals surface area contributed by atoms with Gasteiger partial charge in [-0.2, -0.15) is 13.2 Å². The maximum Gasteiger partial charge on any atom is 0.423 e. The standard InChI is InChI=1S/C10H13F3O2Si/c1-16(2,3)15-9(10(11,12)13)6-4-8(14)5-7-9/h4-7H,1-3H3. The molecule has 16 heavy (non-hydrogen) atoms. The summed E-state index contributed by atoms with van der Waals surface area (Å²) in [6, 6.07) is 0. The molecule has 0 saturated carbocycles. The molecule has 2 nitrogen and oxygen atoms in total. The Labute approximate surface area is 92.9 Å². The zero-order chi connectivity index (χ0) is 12.6. The van der Waals surface area contributed by atoms with Crippen molar-refractivity contribution in [2.75, 3.05) is 0 Å². The number of halogens is 3. The Kier molecular flexibility index (Phi) is 3.17. The number of allylic oxidation sites excluding steroid dienone is 2. The number of hydrogen-bond donors (Lipinski definition) is 0. The van der Waals surface area contributed by atoms with E-state index in [0.717, 1.165) is 24.3 Å². The minimum atomic E-state index is -4.55. The Morgan fingerprint density at radius 3 is 1.94 bits per heavy atom. The van der Waals surface area contributed by atoms with Gasteiger partial charge in [-0.15, -0.1) is 0 Å². The maximum atomic E-state index is 12.9. The Hall–Kier alpha value is -0.883. The van der Waals surface area contributed by atoms with Crippen molar-refractivity contribution in [1.29, 1.82) is 0 Å². The molecule has 0 radical (unpaired) electrons. The highest BCUT2D eigenvalue weighted by molar-refractivity contribution is 6.69. The Bertz CT molecular complexity index is 334. The highest BCUT2D eigenvalue weighted by atomic mass is 28.4. The molecule has 0 aliphatic heterocycles. The van der Waals surface area contributed by atoms with Crippen LogP contribution in [0.4, 0.5) is 13.2 Å². The number of carbonyl (C=O) groups excluding carboxylic acids is 1. The fourth-order valence-corrected chi connectivity index (χ4v) is 2.61. The van der Waals surface area contributed by atoms with Crippen LogP contribution in [0.2, 0.25) is 19.6 Å². The van der Waals surface area contributed by atoms with Gasteiger partial charge in [0.15, 0.2) is 19.7 Å². The smallest absolute Gasteiger partial charge is 0.398 e. The van der Waals surface area contributed by atoms with E-state index in [9.17, 15) is 18.0 Å². The van der Waals surface area contributed by atoms with Gasteiger partial charge in [0.2, 0.25) is 0 Å². The predicted octanol–water partition coefficient (Wildman–Crippen LogP) is 2.83. The number of alkyl halides is 3. The van der Waals surface area contributed by atoms with Gasteiger partial charge in [-0.05, 0) is 43.9 Å². The summed E-state index contributed by atoms with van der Waals surface area (Å²) >= 11 is 0. The molecule has 1 rings (SSSR count). The minimum Gasteiger partial charge on any atom is -0.398 e. The summed E-state index contributed by atoms with van der Waals surface area (Å²) in [5, 5.41) is 0. The van der Waals surface area contributed by atoms with E-state index >= 15 is 0 Å². The summed E-state index contributed by atoms with van der Waals surface area (Å²) in [7, 11) is -2.38. The van der Waals surface area contributed by atoms with Crippen molar-refractivity contribution in [1.82, 2.24) is 0 Å². The van der Waals surface area contributed by atoms with Crippen LogP contribution in [0.15, 0.2) is 24.3 Å². The number of rotatable bonds is 2. The highest BCUT2D eigenvalue weighted by Crippen LogP contribution is 2.39. The molecule has 90 valence electrons. The second-order valence-corrected chi connectivity index (χ2v) is 9.00. The monoisotopic (exact) mass is 250 g/mol. The van der Waals surface area contributed by atoms with Crippen LogP contribution in [0.5, 0.6) is 0 Å². The van der Waals surface area contributed by atoms with Crippen LogP contribution in [0.3, 0.4) is 0 Å². The Morgan fingerprint density at radius 1 is 1.19 bits per heavy atom. The van der Waals surface area contributed by atoms with E-state index in [1.165, 1.54) is 0 Å². The first-order valence-electron chi connectivity index (χ1n) is 4.75. The van der Waals surface area contributed by atoms with E-state index in [-0.39, 0.29) is 0 Å². The lowest BCUT2D eigenvalue weighted by atomic mass is 9.97. The molecule has 0 heterocycles. The molecule has 0 aromatic rings. The third-order valence-electron chi connectivity index (χ3n) is 1.91. The fraction of sp³-hybridized carbons (Fsp3) is 0.500. The van der Waals surface area contributed by atoms with Crippen molar-refractivity contribution in [2.45, 2.75) is 31.4 Å². The van der Waals surface area contributed by atoms with Crippen molar-refractivity contribution in [3.63, 3.8) is 0 Å². The average molecular weight is 250 g/mol. The van der Waals surface area contributed by atoms with Crippen molar-refractivity contribution in [3.8, 4) is 0 Å². The van der Waals surface area contributed by atoms with Gasteiger partial charge in [-0.3, -0.25) is 4.79 Å². The van der Waals surface area contributed by atoms with E-state index in [2.05, 4.69) is 0 Å². The second kappa shape index (κ2) is 3.85. The van der Waals surface area contributed by atoms with Gasteiger partial charge >= 0.3 is 6.18 Å². The molecule has 0 aromatic carbocycles. The predicted molar refractivity (Wildman–Crippen MR) is 56.5 cm³/mol. The molecule has 0 N–H and O–H groups in total. The Balaban J connectivity index is 3.11. The lowest BCUT2D eigenvalue weighted by molar-refractivity contribution is -0.214. The fourth-order valence-electron chi connectivity index (χ4n) is 1.34. The molecule has 6 heteroatoms. The molecule has 0 spiro atoms. The average Bonchev–Trinajstić information content (AvgIpc) is 2.05. The van der Waals surface area contributed by atoms with Crippen LogP contribution in [0.1, 0.15) is 0 Å². The van der Waals surface area contributed by atoms with E-state index < -0.39 is 25.9 Å². The summed E-state index contributed by atoms with van der Waals surface area (Å²) < 4.78 is 44.0. The second-order valence-electron chi connectivity index (χ2n) is 4.57. The lowest BCUT2D eigenvalue weighted by Crippen LogP contribution is -2.51. The van der Waals surface area contributed by atoms with E-state index in [4.69, 9.17) is 4.43 Å². The Morgan fingerprint density at radius 2 is 1.62 bits per heavy atom. The zero-order valence-electron chi connectivity index (χ0n) is 9.26.